The van der Waals surface area contributed by atoms with Crippen LogP contribution in [0.3, 0.4) is 0 Å². The van der Waals surface area contributed by atoms with Gasteiger partial charge >= 0.3 is 0 Å². The fourth-order valence-corrected chi connectivity index (χ4v) is 2.54. The molecule has 0 heterocycles. The zero-order valence-corrected chi connectivity index (χ0v) is 12.3. The van der Waals surface area contributed by atoms with E-state index in [9.17, 15) is 4.79 Å². The van der Waals surface area contributed by atoms with Crippen LogP contribution in [0.1, 0.15) is 27.0 Å². The molecule has 0 atom stereocenters. The molecule has 0 N–H and O–H groups in total. The van der Waals surface area contributed by atoms with Gasteiger partial charge in [0, 0.05) is 22.0 Å². The predicted octanol–water partition coefficient (Wildman–Crippen LogP) is 5.04. The molecule has 0 unspecified atom stereocenters. The van der Waals surface area contributed by atoms with Crippen molar-refractivity contribution in [3.05, 3.63) is 68.7 Å². The minimum absolute atomic E-state index is 0.0381. The van der Waals surface area contributed by atoms with Crippen molar-refractivity contribution in [2.24, 2.45) is 0 Å². The van der Waals surface area contributed by atoms with Gasteiger partial charge < -0.3 is 0 Å². The molecule has 0 aliphatic rings. The van der Waals surface area contributed by atoms with Crippen molar-refractivity contribution in [3.8, 4) is 0 Å². The van der Waals surface area contributed by atoms with Crippen LogP contribution in [0.25, 0.3) is 0 Å². The third kappa shape index (κ3) is 2.99. The highest BCUT2D eigenvalue weighted by Crippen LogP contribution is 2.26. The van der Waals surface area contributed by atoms with Gasteiger partial charge in [0.2, 0.25) is 0 Å². The maximum absolute atomic E-state index is 12.4. The predicted molar refractivity (Wildman–Crippen MR) is 80.4 cm³/mol. The van der Waals surface area contributed by atoms with Gasteiger partial charge in [-0.1, -0.05) is 47.5 Å². The summed E-state index contributed by atoms with van der Waals surface area (Å²) in [5, 5.41) is 1.07. The Morgan fingerprint density at radius 2 is 1.58 bits per heavy atom. The van der Waals surface area contributed by atoms with E-state index in [4.69, 9.17) is 23.2 Å². The number of hydrogen-bond acceptors (Lipinski definition) is 1. The molecule has 2 aromatic carbocycles. The SMILES string of the molecule is Cc1cccc(C(=O)Cc2c(Cl)cccc2Cl)c1C. The molecule has 0 radical (unpaired) electrons. The standard InChI is InChI=1S/C16H14Cl2O/c1-10-5-3-6-12(11(10)2)16(19)9-13-14(17)7-4-8-15(13)18/h3-8H,9H2,1-2H3. The fourth-order valence-electron chi connectivity index (χ4n) is 2.01. The second-order valence-electron chi connectivity index (χ2n) is 4.55. The fraction of sp³-hybridized carbons (Fsp3) is 0.188. The minimum atomic E-state index is 0.0381. The maximum atomic E-state index is 12.4. The van der Waals surface area contributed by atoms with Crippen LogP contribution in [0, 0.1) is 13.8 Å². The van der Waals surface area contributed by atoms with E-state index in [-0.39, 0.29) is 12.2 Å². The average molecular weight is 293 g/mol. The van der Waals surface area contributed by atoms with Crippen LogP contribution in [-0.2, 0) is 6.42 Å². The van der Waals surface area contributed by atoms with E-state index in [1.54, 1.807) is 18.2 Å². The zero-order chi connectivity index (χ0) is 14.0. The Kier molecular flexibility index (Phi) is 4.28. The summed E-state index contributed by atoms with van der Waals surface area (Å²) in [6.07, 6.45) is 0.225. The Balaban J connectivity index is 2.34. The van der Waals surface area contributed by atoms with E-state index in [0.717, 1.165) is 16.7 Å². The number of carbonyl (C=O) groups is 1. The molecule has 0 aromatic heterocycles. The first kappa shape index (κ1) is 14.1. The van der Waals surface area contributed by atoms with E-state index in [0.29, 0.717) is 15.6 Å². The van der Waals surface area contributed by atoms with E-state index >= 15 is 0 Å². The number of rotatable bonds is 3. The van der Waals surface area contributed by atoms with E-state index in [1.165, 1.54) is 0 Å². The molecule has 2 aromatic rings. The molecular weight excluding hydrogens is 279 g/mol. The number of halogens is 2. The van der Waals surface area contributed by atoms with Crippen LogP contribution in [0.5, 0.6) is 0 Å². The van der Waals surface area contributed by atoms with Crippen molar-refractivity contribution in [2.45, 2.75) is 20.3 Å². The number of Topliss-reactive ketones (excluding diaryl/α,β-unsaturated/α-hetero) is 1. The molecule has 2 rings (SSSR count). The molecule has 0 saturated carbocycles. The van der Waals surface area contributed by atoms with E-state index < -0.39 is 0 Å². The topological polar surface area (TPSA) is 17.1 Å². The first-order valence-corrected chi connectivity index (χ1v) is 6.78. The summed E-state index contributed by atoms with van der Waals surface area (Å²) in [7, 11) is 0. The van der Waals surface area contributed by atoms with Crippen LogP contribution in [0.2, 0.25) is 10.0 Å². The molecule has 0 saturated heterocycles. The lowest BCUT2D eigenvalue weighted by Crippen LogP contribution is -2.07. The van der Waals surface area contributed by atoms with Gasteiger partial charge in [0.15, 0.2) is 5.78 Å². The van der Waals surface area contributed by atoms with Crippen molar-refractivity contribution in [1.82, 2.24) is 0 Å². The summed E-state index contributed by atoms with van der Waals surface area (Å²) in [5.41, 5.74) is 3.54. The van der Waals surface area contributed by atoms with Gasteiger partial charge in [-0.15, -0.1) is 0 Å². The Labute approximate surface area is 123 Å². The molecular formula is C16H14Cl2O. The summed E-state index contributed by atoms with van der Waals surface area (Å²) in [5.74, 6) is 0.0381. The normalized spacial score (nSPS) is 10.5. The van der Waals surface area contributed by atoms with Crippen molar-refractivity contribution < 1.29 is 4.79 Å². The Bertz CT molecular complexity index is 612. The molecule has 0 aliphatic heterocycles. The third-order valence-electron chi connectivity index (χ3n) is 3.30. The zero-order valence-electron chi connectivity index (χ0n) is 10.8. The second kappa shape index (κ2) is 5.77. The Morgan fingerprint density at radius 3 is 2.21 bits per heavy atom. The number of aryl methyl sites for hydroxylation is 1. The van der Waals surface area contributed by atoms with Gasteiger partial charge in [0.05, 0.1) is 0 Å². The summed E-state index contributed by atoms with van der Waals surface area (Å²) < 4.78 is 0. The number of benzene rings is 2. The van der Waals surface area contributed by atoms with Gasteiger partial charge in [-0.05, 0) is 42.7 Å². The first-order chi connectivity index (χ1) is 9.00. The van der Waals surface area contributed by atoms with Gasteiger partial charge in [0.1, 0.15) is 0 Å². The van der Waals surface area contributed by atoms with Gasteiger partial charge in [-0.3, -0.25) is 4.79 Å². The molecule has 19 heavy (non-hydrogen) atoms. The van der Waals surface area contributed by atoms with Crippen LogP contribution in [0.15, 0.2) is 36.4 Å². The van der Waals surface area contributed by atoms with Crippen molar-refractivity contribution in [2.75, 3.05) is 0 Å². The summed E-state index contributed by atoms with van der Waals surface area (Å²) >= 11 is 12.2. The summed E-state index contributed by atoms with van der Waals surface area (Å²) in [4.78, 5) is 12.4. The molecule has 98 valence electrons. The van der Waals surface area contributed by atoms with E-state index in [2.05, 4.69) is 0 Å². The summed E-state index contributed by atoms with van der Waals surface area (Å²) in [6, 6.07) is 11.0. The van der Waals surface area contributed by atoms with Gasteiger partial charge in [-0.2, -0.15) is 0 Å². The largest absolute Gasteiger partial charge is 0.294 e. The van der Waals surface area contributed by atoms with Crippen molar-refractivity contribution in [3.63, 3.8) is 0 Å². The number of ketones is 1. The van der Waals surface area contributed by atoms with Gasteiger partial charge in [-0.25, -0.2) is 0 Å². The molecule has 0 spiro atoms. The second-order valence-corrected chi connectivity index (χ2v) is 5.36. The smallest absolute Gasteiger partial charge is 0.167 e. The Morgan fingerprint density at radius 1 is 1.00 bits per heavy atom. The lowest BCUT2D eigenvalue weighted by atomic mass is 9.96. The molecule has 3 heteroatoms. The van der Waals surface area contributed by atoms with Gasteiger partial charge in [0.25, 0.3) is 0 Å². The van der Waals surface area contributed by atoms with Crippen molar-refractivity contribution >= 4 is 29.0 Å². The lowest BCUT2D eigenvalue weighted by Gasteiger charge is -2.09. The van der Waals surface area contributed by atoms with Crippen LogP contribution < -0.4 is 0 Å². The number of carbonyl (C=O) groups excluding carboxylic acids is 1. The highest BCUT2D eigenvalue weighted by atomic mass is 35.5. The van der Waals surface area contributed by atoms with Crippen LogP contribution in [-0.4, -0.2) is 5.78 Å². The molecule has 1 nitrogen and oxygen atoms in total. The van der Waals surface area contributed by atoms with E-state index in [1.807, 2.05) is 32.0 Å². The van der Waals surface area contributed by atoms with Crippen LogP contribution in [0.4, 0.5) is 0 Å². The van der Waals surface area contributed by atoms with Crippen LogP contribution >= 0.6 is 23.2 Å². The highest BCUT2D eigenvalue weighted by molar-refractivity contribution is 6.36. The highest BCUT2D eigenvalue weighted by Gasteiger charge is 2.14. The third-order valence-corrected chi connectivity index (χ3v) is 4.01. The summed E-state index contributed by atoms with van der Waals surface area (Å²) in [6.45, 7) is 3.95. The maximum Gasteiger partial charge on any atom is 0.167 e. The molecule has 0 amide bonds. The number of hydrogen-bond donors (Lipinski definition) is 0. The first-order valence-electron chi connectivity index (χ1n) is 6.03. The quantitative estimate of drug-likeness (QED) is 0.725. The van der Waals surface area contributed by atoms with Crippen molar-refractivity contribution in [1.29, 1.82) is 0 Å². The monoisotopic (exact) mass is 292 g/mol. The minimum Gasteiger partial charge on any atom is -0.294 e. The molecule has 0 fully saturated rings. The molecule has 0 aliphatic carbocycles. The Hall–Kier alpha value is -1.31. The lowest BCUT2D eigenvalue weighted by molar-refractivity contribution is 0.0992. The molecule has 0 bridgehead atoms. The average Bonchev–Trinajstić information content (AvgIpc) is 2.37.